The lowest BCUT2D eigenvalue weighted by Crippen LogP contribution is -3.15. The molecule has 2 aliphatic heterocycles. The van der Waals surface area contributed by atoms with Gasteiger partial charge in [-0.2, -0.15) is 0 Å². The molecule has 3 aliphatic carbocycles. The summed E-state index contributed by atoms with van der Waals surface area (Å²) in [5, 5.41) is 0. The Morgan fingerprint density at radius 3 is 2.55 bits per heavy atom. The molecule has 0 aromatic carbocycles. The molecule has 172 valence electrons. The van der Waals surface area contributed by atoms with E-state index in [1.54, 1.807) is 0 Å². The van der Waals surface area contributed by atoms with Gasteiger partial charge in [0.1, 0.15) is 30.9 Å². The van der Waals surface area contributed by atoms with Crippen molar-refractivity contribution in [3.63, 3.8) is 0 Å². The molecule has 5 aliphatic rings. The van der Waals surface area contributed by atoms with E-state index in [4.69, 9.17) is 18.9 Å². The highest BCUT2D eigenvalue weighted by molar-refractivity contribution is 5.86. The molecule has 0 aromatic heterocycles. The van der Waals surface area contributed by atoms with Gasteiger partial charge in [0.25, 0.3) is 0 Å². The Balaban J connectivity index is 1.29. The lowest BCUT2D eigenvalue weighted by molar-refractivity contribution is -0.900. The summed E-state index contributed by atoms with van der Waals surface area (Å²) >= 11 is 0. The highest BCUT2D eigenvalue weighted by Crippen LogP contribution is 2.59. The molecule has 3 saturated carbocycles. The molecule has 1 N–H and O–H groups in total. The quantitative estimate of drug-likeness (QED) is 0.467. The molecule has 2 heterocycles. The maximum Gasteiger partial charge on any atom is 0.362 e. The number of carbonyl (C=O) groups is 3. The Bertz CT molecular complexity index is 740. The topological polar surface area (TPSA) is 92.6 Å². The van der Waals surface area contributed by atoms with Gasteiger partial charge in [0.15, 0.2) is 6.54 Å². The van der Waals surface area contributed by atoms with Crippen LogP contribution >= 0.6 is 0 Å². The van der Waals surface area contributed by atoms with Crippen LogP contribution in [0, 0.1) is 29.6 Å². The number of ether oxygens (including phenoxy) is 4. The molecule has 5 rings (SSSR count). The van der Waals surface area contributed by atoms with Crippen LogP contribution in [0.25, 0.3) is 0 Å². The molecule has 2 saturated heterocycles. The van der Waals surface area contributed by atoms with Gasteiger partial charge in [-0.25, -0.2) is 4.79 Å². The van der Waals surface area contributed by atoms with Gasteiger partial charge in [-0.05, 0) is 38.0 Å². The molecule has 0 radical (unpaired) electrons. The maximum absolute atomic E-state index is 13.4. The standard InChI is InChI=1S/C23H33NO7/c1-13(2)23(5-3-4-6-23)31-22(27)18-15-11-14-17(18)21(26)30-20(14)19(15)29-16(25)12-24-7-9-28-10-8-24/h13-15,17-20H,3-12H2,1-2H3/p+1. The molecular weight excluding hydrogens is 402 g/mol. The first-order valence-electron chi connectivity index (χ1n) is 11.9. The zero-order valence-corrected chi connectivity index (χ0v) is 18.5. The first-order valence-corrected chi connectivity index (χ1v) is 11.9. The normalized spacial score (nSPS) is 38.5. The van der Waals surface area contributed by atoms with Gasteiger partial charge in [-0.3, -0.25) is 9.59 Å². The highest BCUT2D eigenvalue weighted by Gasteiger charge is 2.70. The second kappa shape index (κ2) is 8.03. The van der Waals surface area contributed by atoms with E-state index in [-0.39, 0.29) is 42.2 Å². The SMILES string of the molecule is CC(C)C1(OC(=O)C2C3CC4C(OC(=O)C42)C3OC(=O)C[NH+]2CCOCC2)CCCC1. The van der Waals surface area contributed by atoms with Gasteiger partial charge in [0, 0.05) is 11.8 Å². The van der Waals surface area contributed by atoms with Crippen molar-refractivity contribution in [2.45, 2.75) is 63.8 Å². The first kappa shape index (κ1) is 21.2. The van der Waals surface area contributed by atoms with Crippen LogP contribution in [0.4, 0.5) is 0 Å². The average Bonchev–Trinajstić information content (AvgIpc) is 3.47. The molecule has 0 spiro atoms. The van der Waals surface area contributed by atoms with Gasteiger partial charge in [-0.1, -0.05) is 13.8 Å². The Hall–Kier alpha value is -1.67. The lowest BCUT2D eigenvalue weighted by Gasteiger charge is -2.37. The second-order valence-corrected chi connectivity index (χ2v) is 10.4. The molecule has 8 nitrogen and oxygen atoms in total. The fourth-order valence-corrected chi connectivity index (χ4v) is 6.74. The number of rotatable bonds is 6. The van der Waals surface area contributed by atoms with Crippen LogP contribution in [0.15, 0.2) is 0 Å². The van der Waals surface area contributed by atoms with Crippen molar-refractivity contribution < 1.29 is 38.2 Å². The number of quaternary nitrogens is 1. The van der Waals surface area contributed by atoms with E-state index in [1.807, 2.05) is 0 Å². The summed E-state index contributed by atoms with van der Waals surface area (Å²) < 4.78 is 23.0. The average molecular weight is 437 g/mol. The minimum Gasteiger partial charge on any atom is -0.459 e. The highest BCUT2D eigenvalue weighted by atomic mass is 16.6. The molecule has 2 bridgehead atoms. The number of fused-ring (bicyclic) bond motifs is 1. The smallest absolute Gasteiger partial charge is 0.362 e. The van der Waals surface area contributed by atoms with E-state index in [9.17, 15) is 14.4 Å². The van der Waals surface area contributed by atoms with Crippen LogP contribution in [-0.4, -0.2) is 68.6 Å². The van der Waals surface area contributed by atoms with Crippen molar-refractivity contribution >= 4 is 17.9 Å². The van der Waals surface area contributed by atoms with Crippen molar-refractivity contribution in [3.8, 4) is 0 Å². The lowest BCUT2D eigenvalue weighted by atomic mass is 9.78. The Morgan fingerprint density at radius 1 is 1.16 bits per heavy atom. The fourth-order valence-electron chi connectivity index (χ4n) is 6.74. The van der Waals surface area contributed by atoms with Crippen LogP contribution in [0.2, 0.25) is 0 Å². The Kier molecular flexibility index (Phi) is 5.49. The minimum absolute atomic E-state index is 0.0536. The number of nitrogens with one attached hydrogen (secondary N) is 1. The number of hydrogen-bond acceptors (Lipinski definition) is 7. The molecule has 6 unspecified atom stereocenters. The molecular formula is C23H34NO7+. The molecule has 5 fully saturated rings. The van der Waals surface area contributed by atoms with Crippen LogP contribution in [-0.2, 0) is 33.3 Å². The van der Waals surface area contributed by atoms with Crippen molar-refractivity contribution in [2.75, 3.05) is 32.8 Å². The largest absolute Gasteiger partial charge is 0.459 e. The van der Waals surface area contributed by atoms with Crippen molar-refractivity contribution in [1.29, 1.82) is 0 Å². The first-order chi connectivity index (χ1) is 14.9. The van der Waals surface area contributed by atoms with E-state index in [0.717, 1.165) is 43.7 Å². The zero-order chi connectivity index (χ0) is 21.8. The van der Waals surface area contributed by atoms with Crippen molar-refractivity contribution in [3.05, 3.63) is 0 Å². The predicted molar refractivity (Wildman–Crippen MR) is 107 cm³/mol. The van der Waals surface area contributed by atoms with Gasteiger partial charge in [0.2, 0.25) is 0 Å². The Morgan fingerprint density at radius 2 is 1.87 bits per heavy atom. The molecule has 6 atom stereocenters. The van der Waals surface area contributed by atoms with Crippen LogP contribution in [0.5, 0.6) is 0 Å². The van der Waals surface area contributed by atoms with E-state index in [2.05, 4.69) is 13.8 Å². The Labute approximate surface area is 182 Å². The van der Waals surface area contributed by atoms with Gasteiger partial charge >= 0.3 is 17.9 Å². The summed E-state index contributed by atoms with van der Waals surface area (Å²) in [4.78, 5) is 39.8. The third kappa shape index (κ3) is 3.55. The van der Waals surface area contributed by atoms with E-state index in [0.29, 0.717) is 19.6 Å². The third-order valence-corrected chi connectivity index (χ3v) is 8.49. The van der Waals surface area contributed by atoms with Crippen LogP contribution < -0.4 is 4.90 Å². The summed E-state index contributed by atoms with van der Waals surface area (Å²) in [6.07, 6.45) is 3.57. The number of hydrogen-bond donors (Lipinski definition) is 1. The predicted octanol–water partition coefficient (Wildman–Crippen LogP) is 0.133. The van der Waals surface area contributed by atoms with Crippen molar-refractivity contribution in [1.82, 2.24) is 0 Å². The van der Waals surface area contributed by atoms with Crippen LogP contribution in [0.3, 0.4) is 0 Å². The summed E-state index contributed by atoms with van der Waals surface area (Å²) in [6, 6.07) is 0. The van der Waals surface area contributed by atoms with Gasteiger partial charge in [0.05, 0.1) is 25.0 Å². The van der Waals surface area contributed by atoms with E-state index < -0.39 is 29.6 Å². The fraction of sp³-hybridized carbons (Fsp3) is 0.870. The van der Waals surface area contributed by atoms with E-state index in [1.165, 1.54) is 0 Å². The summed E-state index contributed by atoms with van der Waals surface area (Å²) in [6.45, 7) is 7.30. The second-order valence-electron chi connectivity index (χ2n) is 10.4. The van der Waals surface area contributed by atoms with E-state index >= 15 is 0 Å². The molecule has 8 heteroatoms. The maximum atomic E-state index is 13.4. The summed E-state index contributed by atoms with van der Waals surface area (Å²) in [5.74, 6) is -1.97. The molecule has 0 amide bonds. The zero-order valence-electron chi connectivity index (χ0n) is 18.5. The monoisotopic (exact) mass is 436 g/mol. The number of carbonyl (C=O) groups excluding carboxylic acids is 3. The molecule has 0 aromatic rings. The minimum atomic E-state index is -0.569. The van der Waals surface area contributed by atoms with Crippen LogP contribution in [0.1, 0.15) is 46.0 Å². The third-order valence-electron chi connectivity index (χ3n) is 8.49. The van der Waals surface area contributed by atoms with Gasteiger partial charge < -0.3 is 23.8 Å². The number of esters is 3. The summed E-state index contributed by atoms with van der Waals surface area (Å²) in [7, 11) is 0. The number of morpholine rings is 1. The van der Waals surface area contributed by atoms with Crippen molar-refractivity contribution in [2.24, 2.45) is 29.6 Å². The molecule has 31 heavy (non-hydrogen) atoms. The summed E-state index contributed by atoms with van der Waals surface area (Å²) in [5.41, 5.74) is -0.438. The van der Waals surface area contributed by atoms with Gasteiger partial charge in [-0.15, -0.1) is 0 Å².